The third-order valence-electron chi connectivity index (χ3n) is 5.97. The maximum atomic E-state index is 16.0. The van der Waals surface area contributed by atoms with Crippen LogP contribution in [0.5, 0.6) is 0 Å². The molecule has 0 N–H and O–H groups in total. The molecule has 5 heterocycles. The van der Waals surface area contributed by atoms with E-state index in [0.29, 0.717) is 22.8 Å². The van der Waals surface area contributed by atoms with Crippen molar-refractivity contribution in [2.45, 2.75) is 27.7 Å². The lowest BCUT2D eigenvalue weighted by Gasteiger charge is -2.33. The van der Waals surface area contributed by atoms with Gasteiger partial charge in [-0.05, 0) is 117 Å². The van der Waals surface area contributed by atoms with Crippen LogP contribution in [0.25, 0.3) is 15.3 Å². The van der Waals surface area contributed by atoms with Gasteiger partial charge in [-0.1, -0.05) is 0 Å². The molecule has 0 aromatic carbocycles. The summed E-state index contributed by atoms with van der Waals surface area (Å²) in [4.78, 5) is 3.33. The predicted molar refractivity (Wildman–Crippen MR) is 149 cm³/mol. The molecule has 0 saturated heterocycles. The number of halogens is 5. The van der Waals surface area contributed by atoms with Crippen molar-refractivity contribution in [1.29, 1.82) is 0 Å². The van der Waals surface area contributed by atoms with Crippen molar-refractivity contribution < 1.29 is 13.1 Å². The van der Waals surface area contributed by atoms with Gasteiger partial charge in [0.05, 0.1) is 12.9 Å². The Kier molecular flexibility index (Phi) is 5.52. The van der Waals surface area contributed by atoms with Gasteiger partial charge in [0.1, 0.15) is 5.71 Å². The van der Waals surface area contributed by atoms with E-state index < -0.39 is 6.97 Å². The predicted octanol–water partition coefficient (Wildman–Crippen LogP) is 8.45. The Morgan fingerprint density at radius 3 is 2.23 bits per heavy atom. The molecular formula is C21H16BBrF2I2N2S2. The maximum absolute atomic E-state index is 16.0. The van der Waals surface area contributed by atoms with Crippen LogP contribution >= 0.6 is 83.8 Å². The second-order valence-corrected chi connectivity index (χ2v) is 13.4. The Balaban J connectivity index is 1.87. The van der Waals surface area contributed by atoms with E-state index in [1.54, 1.807) is 36.5 Å². The highest BCUT2D eigenvalue weighted by atomic mass is 127. The van der Waals surface area contributed by atoms with Gasteiger partial charge in [0.15, 0.2) is 5.70 Å². The topological polar surface area (TPSA) is 7.94 Å². The minimum absolute atomic E-state index is 0.626. The third-order valence-corrected chi connectivity index (χ3v) is 12.1. The summed E-state index contributed by atoms with van der Waals surface area (Å²) in [6.45, 7) is 3.55. The van der Waals surface area contributed by atoms with E-state index in [1.165, 1.54) is 13.8 Å². The average Bonchev–Trinajstić information content (AvgIpc) is 3.45. The van der Waals surface area contributed by atoms with Crippen molar-refractivity contribution in [3.63, 3.8) is 0 Å². The first kappa shape index (κ1) is 22.5. The summed E-state index contributed by atoms with van der Waals surface area (Å²) >= 11 is 11.3. The van der Waals surface area contributed by atoms with Crippen LogP contribution in [0, 0.1) is 17.4 Å². The van der Waals surface area contributed by atoms with Crippen LogP contribution in [0.4, 0.5) is 8.63 Å². The SMILES string of the molecule is CC1=C(I)C(C)=[N+]2C1=C(c1ccc(-c3ccc(Br)s3)s1)c1c(C)c(I)c(C)n1[B-]2(F)F. The van der Waals surface area contributed by atoms with Gasteiger partial charge < -0.3 is 17.6 Å². The van der Waals surface area contributed by atoms with E-state index in [2.05, 4.69) is 79.3 Å². The lowest BCUT2D eigenvalue weighted by Crippen LogP contribution is -2.51. The fraction of sp³-hybridized carbons (Fsp3) is 0.190. The molecule has 10 heteroatoms. The van der Waals surface area contributed by atoms with Gasteiger partial charge in [0, 0.05) is 36.4 Å². The molecular weight excluding hydrogens is 727 g/mol. The second kappa shape index (κ2) is 7.61. The van der Waals surface area contributed by atoms with Gasteiger partial charge in [-0.3, -0.25) is 0 Å². The van der Waals surface area contributed by atoms with Crippen LogP contribution in [0.3, 0.4) is 0 Å². The van der Waals surface area contributed by atoms with Gasteiger partial charge >= 0.3 is 6.97 Å². The Morgan fingerprint density at radius 1 is 0.968 bits per heavy atom. The van der Waals surface area contributed by atoms with Crippen molar-refractivity contribution in [3.8, 4) is 9.75 Å². The minimum atomic E-state index is -3.98. The van der Waals surface area contributed by atoms with Crippen molar-refractivity contribution in [3.05, 3.63) is 68.3 Å². The molecule has 2 aliphatic heterocycles. The Hall–Kier alpha value is -0.305. The number of hydrogen-bond acceptors (Lipinski definition) is 2. The summed E-state index contributed by atoms with van der Waals surface area (Å²) in [6.07, 6.45) is 0. The molecule has 0 unspecified atom stereocenters. The van der Waals surface area contributed by atoms with Crippen LogP contribution in [0.2, 0.25) is 0 Å². The molecule has 0 amide bonds. The summed E-state index contributed by atoms with van der Waals surface area (Å²) in [5.74, 6) is 0. The summed E-state index contributed by atoms with van der Waals surface area (Å²) in [6, 6.07) is 8.31. The number of hydrogen-bond donors (Lipinski definition) is 0. The minimum Gasteiger partial charge on any atom is -0.392 e. The average molecular weight is 743 g/mol. The normalized spacial score (nSPS) is 17.7. The first-order valence-electron chi connectivity index (χ1n) is 9.55. The highest BCUT2D eigenvalue weighted by Gasteiger charge is 2.56. The number of thiophene rings is 2. The number of fused-ring (bicyclic) bond motifs is 2. The number of allylic oxidation sites excluding steroid dienone is 2. The zero-order chi connectivity index (χ0) is 22.4. The first-order valence-corrected chi connectivity index (χ1v) is 14.1. The Labute approximate surface area is 223 Å². The molecule has 0 spiro atoms. The second-order valence-electron chi connectivity index (χ2n) is 7.72. The molecule has 0 fully saturated rings. The molecule has 0 aliphatic carbocycles. The largest absolute Gasteiger partial charge is 0.737 e. The maximum Gasteiger partial charge on any atom is 0.737 e. The Bertz CT molecular complexity index is 1390. The molecule has 0 saturated carbocycles. The fourth-order valence-corrected chi connectivity index (χ4v) is 8.12. The summed E-state index contributed by atoms with van der Waals surface area (Å²) in [5.41, 5.74) is 5.30. The molecule has 2 nitrogen and oxygen atoms in total. The van der Waals surface area contributed by atoms with Crippen molar-refractivity contribution >= 4 is 102 Å². The van der Waals surface area contributed by atoms with Crippen LogP contribution in [-0.4, -0.2) is 21.6 Å². The molecule has 5 rings (SSSR count). The van der Waals surface area contributed by atoms with E-state index in [1.807, 2.05) is 19.9 Å². The van der Waals surface area contributed by atoms with Crippen LogP contribution in [0.15, 0.2) is 42.9 Å². The quantitative estimate of drug-likeness (QED) is 0.184. The van der Waals surface area contributed by atoms with Gasteiger partial charge in [0.25, 0.3) is 0 Å². The molecule has 0 atom stereocenters. The van der Waals surface area contributed by atoms with E-state index >= 15 is 8.63 Å². The van der Waals surface area contributed by atoms with Crippen LogP contribution in [0.1, 0.15) is 35.7 Å². The van der Waals surface area contributed by atoms with Gasteiger partial charge in [-0.2, -0.15) is 0 Å². The van der Waals surface area contributed by atoms with Crippen LogP contribution in [-0.2, 0) is 0 Å². The molecule has 3 aromatic heterocycles. The first-order chi connectivity index (χ1) is 14.6. The molecule has 0 radical (unpaired) electrons. The smallest absolute Gasteiger partial charge is 0.392 e. The van der Waals surface area contributed by atoms with Gasteiger partial charge in [-0.25, -0.2) is 0 Å². The lowest BCUT2D eigenvalue weighted by molar-refractivity contribution is -0.363. The summed E-state index contributed by atoms with van der Waals surface area (Å²) < 4.78 is 37.5. The molecule has 3 aromatic rings. The Morgan fingerprint density at radius 2 is 1.58 bits per heavy atom. The molecule has 160 valence electrons. The van der Waals surface area contributed by atoms with E-state index in [9.17, 15) is 0 Å². The summed E-state index contributed by atoms with van der Waals surface area (Å²) in [5, 5.41) is 0. The van der Waals surface area contributed by atoms with Crippen LogP contribution < -0.4 is 0 Å². The monoisotopic (exact) mass is 742 g/mol. The number of aromatic nitrogens is 1. The lowest BCUT2D eigenvalue weighted by atomic mass is 9.85. The van der Waals surface area contributed by atoms with Gasteiger partial charge in [-0.15, -0.1) is 22.7 Å². The highest BCUT2D eigenvalue weighted by molar-refractivity contribution is 14.1. The fourth-order valence-electron chi connectivity index (χ4n) is 4.56. The van der Waals surface area contributed by atoms with Crippen molar-refractivity contribution in [2.75, 3.05) is 0 Å². The van der Waals surface area contributed by atoms with E-state index in [0.717, 1.165) is 37.4 Å². The number of nitrogens with zero attached hydrogens (tertiary/aromatic N) is 2. The van der Waals surface area contributed by atoms with E-state index in [-0.39, 0.29) is 0 Å². The zero-order valence-corrected chi connectivity index (χ0v) is 24.5. The third kappa shape index (κ3) is 3.10. The van der Waals surface area contributed by atoms with E-state index in [4.69, 9.17) is 0 Å². The highest BCUT2D eigenvalue weighted by Crippen LogP contribution is 2.49. The summed E-state index contributed by atoms with van der Waals surface area (Å²) in [7, 11) is 0. The van der Waals surface area contributed by atoms with Gasteiger partial charge in [0.2, 0.25) is 0 Å². The zero-order valence-electron chi connectivity index (χ0n) is 17.0. The molecule has 0 bridgehead atoms. The molecule has 2 aliphatic rings. The van der Waals surface area contributed by atoms with Crippen molar-refractivity contribution in [2.24, 2.45) is 0 Å². The molecule has 31 heavy (non-hydrogen) atoms. The van der Waals surface area contributed by atoms with Crippen molar-refractivity contribution in [1.82, 2.24) is 4.48 Å². The number of rotatable bonds is 2. The standard InChI is InChI=1S/C21H16BBrF2I2N2S2/c1-9-18(26)11(3)28-20(9)17(15-6-5-13(30-15)14-7-8-16(23)31-14)21-10(2)19(27)12(4)29(21)22(28,24)25/h5-8H,1-4H3.